The van der Waals surface area contributed by atoms with Gasteiger partial charge >= 0.3 is 5.97 Å². The molecular formula is C5H5ClO3. The highest BCUT2D eigenvalue weighted by atomic mass is 35.5. The SMILES string of the molecule is CC(=O)OC=C(Cl)C=O. The van der Waals surface area contributed by atoms with Gasteiger partial charge in [0.25, 0.3) is 0 Å². The van der Waals surface area contributed by atoms with E-state index in [1.807, 2.05) is 0 Å². The Hall–Kier alpha value is -0.830. The third kappa shape index (κ3) is 5.03. The van der Waals surface area contributed by atoms with Crippen LogP contribution in [0, 0.1) is 0 Å². The van der Waals surface area contributed by atoms with Gasteiger partial charge in [-0.15, -0.1) is 0 Å². The zero-order valence-corrected chi connectivity index (χ0v) is 5.51. The molecule has 0 aliphatic rings. The molecule has 0 aliphatic carbocycles. The van der Waals surface area contributed by atoms with Gasteiger partial charge in [-0.3, -0.25) is 9.59 Å². The molecule has 0 rings (SSSR count). The Kier molecular flexibility index (Phi) is 3.71. The molecule has 0 radical (unpaired) electrons. The maximum absolute atomic E-state index is 10.0. The monoisotopic (exact) mass is 148 g/mol. The molecule has 4 heteroatoms. The number of carbonyl (C=O) groups excluding carboxylic acids is 2. The minimum absolute atomic E-state index is 0.134. The van der Waals surface area contributed by atoms with Gasteiger partial charge in [-0.05, 0) is 0 Å². The maximum Gasteiger partial charge on any atom is 0.307 e. The molecular weight excluding hydrogens is 144 g/mol. The van der Waals surface area contributed by atoms with E-state index in [-0.39, 0.29) is 5.03 Å². The first-order valence-electron chi connectivity index (χ1n) is 2.15. The van der Waals surface area contributed by atoms with Crippen LogP contribution < -0.4 is 0 Å². The first-order valence-corrected chi connectivity index (χ1v) is 2.52. The van der Waals surface area contributed by atoms with E-state index >= 15 is 0 Å². The van der Waals surface area contributed by atoms with Gasteiger partial charge in [-0.25, -0.2) is 0 Å². The van der Waals surface area contributed by atoms with Crippen molar-refractivity contribution in [2.24, 2.45) is 0 Å². The van der Waals surface area contributed by atoms with Crippen molar-refractivity contribution in [2.45, 2.75) is 6.92 Å². The van der Waals surface area contributed by atoms with Gasteiger partial charge in [-0.2, -0.15) is 0 Å². The zero-order chi connectivity index (χ0) is 7.28. The minimum atomic E-state index is -0.505. The van der Waals surface area contributed by atoms with Crippen molar-refractivity contribution in [1.82, 2.24) is 0 Å². The number of hydrogen-bond donors (Lipinski definition) is 0. The summed E-state index contributed by atoms with van der Waals surface area (Å²) >= 11 is 5.13. The van der Waals surface area contributed by atoms with Gasteiger partial charge in [0.2, 0.25) is 0 Å². The Balaban J connectivity index is 3.69. The Morgan fingerprint density at radius 2 is 2.22 bits per heavy atom. The lowest BCUT2D eigenvalue weighted by Crippen LogP contribution is -1.90. The number of esters is 1. The highest BCUT2D eigenvalue weighted by Crippen LogP contribution is 1.95. The van der Waals surface area contributed by atoms with Crippen LogP contribution in [0.4, 0.5) is 0 Å². The molecule has 0 aromatic heterocycles. The molecule has 0 atom stereocenters. The molecule has 0 unspecified atom stereocenters. The molecule has 0 heterocycles. The van der Waals surface area contributed by atoms with Crippen LogP contribution in [0.15, 0.2) is 11.3 Å². The number of rotatable bonds is 2. The smallest absolute Gasteiger partial charge is 0.307 e. The second-order valence-electron chi connectivity index (χ2n) is 1.23. The summed E-state index contributed by atoms with van der Waals surface area (Å²) < 4.78 is 4.23. The van der Waals surface area contributed by atoms with Crippen molar-refractivity contribution in [3.05, 3.63) is 11.3 Å². The lowest BCUT2D eigenvalue weighted by molar-refractivity contribution is -0.135. The summed E-state index contributed by atoms with van der Waals surface area (Å²) in [5.41, 5.74) is 0. The number of aldehydes is 1. The van der Waals surface area contributed by atoms with Crippen molar-refractivity contribution in [1.29, 1.82) is 0 Å². The summed E-state index contributed by atoms with van der Waals surface area (Å²) in [6, 6.07) is 0. The summed E-state index contributed by atoms with van der Waals surface area (Å²) in [7, 11) is 0. The minimum Gasteiger partial charge on any atom is -0.433 e. The van der Waals surface area contributed by atoms with E-state index in [1.165, 1.54) is 6.92 Å². The van der Waals surface area contributed by atoms with Gasteiger partial charge < -0.3 is 4.74 Å². The van der Waals surface area contributed by atoms with Gasteiger partial charge in [0.1, 0.15) is 11.3 Å². The van der Waals surface area contributed by atoms with Crippen LogP contribution in [0.5, 0.6) is 0 Å². The number of carbonyl (C=O) groups is 2. The van der Waals surface area contributed by atoms with Gasteiger partial charge in [0.15, 0.2) is 6.29 Å². The Morgan fingerprint density at radius 1 is 1.67 bits per heavy atom. The summed E-state index contributed by atoms with van der Waals surface area (Å²) in [6.07, 6.45) is 1.27. The van der Waals surface area contributed by atoms with Crippen LogP contribution in [0.2, 0.25) is 0 Å². The number of halogens is 1. The van der Waals surface area contributed by atoms with Gasteiger partial charge in [0, 0.05) is 6.92 Å². The first-order chi connectivity index (χ1) is 4.16. The standard InChI is InChI=1S/C5H5ClO3/c1-4(8)9-3-5(6)2-7/h2-3H,1H3. The van der Waals surface area contributed by atoms with Gasteiger partial charge in [-0.1, -0.05) is 11.6 Å². The third-order valence-electron chi connectivity index (χ3n) is 0.450. The second-order valence-corrected chi connectivity index (χ2v) is 1.67. The summed E-state index contributed by atoms with van der Waals surface area (Å²) in [6.45, 7) is 1.21. The Morgan fingerprint density at radius 3 is 2.56 bits per heavy atom. The van der Waals surface area contributed by atoms with E-state index in [2.05, 4.69) is 4.74 Å². The maximum atomic E-state index is 10.0. The van der Waals surface area contributed by atoms with Crippen LogP contribution in [0.1, 0.15) is 6.92 Å². The molecule has 0 N–H and O–H groups in total. The van der Waals surface area contributed by atoms with Crippen molar-refractivity contribution in [3.63, 3.8) is 0 Å². The molecule has 0 aromatic rings. The molecule has 0 saturated carbocycles. The first kappa shape index (κ1) is 8.17. The van der Waals surface area contributed by atoms with E-state index < -0.39 is 5.97 Å². The molecule has 50 valence electrons. The van der Waals surface area contributed by atoms with Crippen LogP contribution in [0.3, 0.4) is 0 Å². The normalized spacial score (nSPS) is 10.7. The highest BCUT2D eigenvalue weighted by Gasteiger charge is 1.89. The second kappa shape index (κ2) is 4.09. The molecule has 0 aliphatic heterocycles. The van der Waals surface area contributed by atoms with Crippen LogP contribution in [0.25, 0.3) is 0 Å². The van der Waals surface area contributed by atoms with Crippen LogP contribution >= 0.6 is 11.6 Å². The highest BCUT2D eigenvalue weighted by molar-refractivity contribution is 6.38. The van der Waals surface area contributed by atoms with E-state index in [0.29, 0.717) is 6.29 Å². The zero-order valence-electron chi connectivity index (χ0n) is 4.76. The van der Waals surface area contributed by atoms with Crippen molar-refractivity contribution in [2.75, 3.05) is 0 Å². The molecule has 0 aromatic carbocycles. The summed E-state index contributed by atoms with van der Waals surface area (Å²) in [5.74, 6) is -0.505. The number of hydrogen-bond acceptors (Lipinski definition) is 3. The summed E-state index contributed by atoms with van der Waals surface area (Å²) in [4.78, 5) is 19.7. The fourth-order valence-corrected chi connectivity index (χ4v) is 0.212. The molecule has 9 heavy (non-hydrogen) atoms. The van der Waals surface area contributed by atoms with E-state index in [4.69, 9.17) is 11.6 Å². The van der Waals surface area contributed by atoms with Crippen LogP contribution in [-0.4, -0.2) is 12.3 Å². The van der Waals surface area contributed by atoms with Crippen molar-refractivity contribution >= 4 is 23.9 Å². The van der Waals surface area contributed by atoms with E-state index in [1.54, 1.807) is 0 Å². The molecule has 0 saturated heterocycles. The van der Waals surface area contributed by atoms with Crippen molar-refractivity contribution in [3.8, 4) is 0 Å². The fraction of sp³-hybridized carbons (Fsp3) is 0.200. The Labute approximate surface area is 57.2 Å². The average Bonchev–Trinajstić information content (AvgIpc) is 1.83. The molecule has 3 nitrogen and oxygen atoms in total. The molecule has 0 amide bonds. The predicted octanol–water partition coefficient (Wildman–Crippen LogP) is 0.829. The van der Waals surface area contributed by atoms with Crippen molar-refractivity contribution < 1.29 is 14.3 Å². The fourth-order valence-electron chi connectivity index (χ4n) is 0.167. The third-order valence-corrected chi connectivity index (χ3v) is 0.628. The van der Waals surface area contributed by atoms with Gasteiger partial charge in [0.05, 0.1) is 0 Å². The van der Waals surface area contributed by atoms with E-state index in [9.17, 15) is 9.59 Å². The molecule has 0 fully saturated rings. The number of allylic oxidation sites excluding steroid dienone is 1. The quantitative estimate of drug-likeness (QED) is 0.252. The Bertz CT molecular complexity index is 150. The van der Waals surface area contributed by atoms with E-state index in [0.717, 1.165) is 6.26 Å². The predicted molar refractivity (Wildman–Crippen MR) is 31.8 cm³/mol. The lowest BCUT2D eigenvalue weighted by Gasteiger charge is -1.88. The molecule has 0 spiro atoms. The average molecular weight is 149 g/mol. The van der Waals surface area contributed by atoms with Crippen LogP contribution in [-0.2, 0) is 14.3 Å². The summed E-state index contributed by atoms with van der Waals surface area (Å²) in [5, 5.41) is -0.134. The number of ether oxygens (including phenoxy) is 1. The largest absolute Gasteiger partial charge is 0.433 e. The topological polar surface area (TPSA) is 43.4 Å². The molecule has 0 bridgehead atoms. The lowest BCUT2D eigenvalue weighted by atomic mass is 10.7.